The van der Waals surface area contributed by atoms with Crippen LogP contribution in [0.3, 0.4) is 0 Å². The molecule has 2 heterocycles. The summed E-state index contributed by atoms with van der Waals surface area (Å²) in [6.07, 6.45) is 0.993. The van der Waals surface area contributed by atoms with Crippen LogP contribution in [0.15, 0.2) is 57.8 Å². The molecule has 0 unspecified atom stereocenters. The van der Waals surface area contributed by atoms with Crippen molar-refractivity contribution >= 4 is 33.3 Å². The molecule has 0 bridgehead atoms. The number of oxazole rings is 1. The number of hydrogen-bond donors (Lipinski definition) is 0. The quantitative estimate of drug-likeness (QED) is 0.475. The molecule has 1 aromatic heterocycles. The van der Waals surface area contributed by atoms with Crippen LogP contribution in [0.25, 0.3) is 11.1 Å². The lowest BCUT2D eigenvalue weighted by atomic mass is 10.2. The third-order valence-corrected chi connectivity index (χ3v) is 7.58. The van der Waals surface area contributed by atoms with Gasteiger partial charge in [0.05, 0.1) is 30.3 Å². The van der Waals surface area contributed by atoms with Crippen molar-refractivity contribution in [2.75, 3.05) is 32.8 Å². The van der Waals surface area contributed by atoms with Gasteiger partial charge in [-0.05, 0) is 48.9 Å². The molecule has 3 aromatic rings. The van der Waals surface area contributed by atoms with Crippen LogP contribution < -0.4 is 0 Å². The van der Waals surface area contributed by atoms with E-state index in [1.807, 2.05) is 22.8 Å². The van der Waals surface area contributed by atoms with Gasteiger partial charge in [0.25, 0.3) is 4.84 Å². The first-order valence-electron chi connectivity index (χ1n) is 10.5. The fourth-order valence-electron chi connectivity index (χ4n) is 3.83. The molecule has 7 nitrogen and oxygen atoms in total. The number of benzene rings is 2. The van der Waals surface area contributed by atoms with Crippen LogP contribution in [0.5, 0.6) is 0 Å². The Morgan fingerprint density at radius 2 is 1.84 bits per heavy atom. The minimum atomic E-state index is -3.60. The molecular formula is C22H27N3O4S2. The van der Waals surface area contributed by atoms with Gasteiger partial charge in [0.15, 0.2) is 5.58 Å². The minimum Gasteiger partial charge on any atom is -0.429 e. The second kappa shape index (κ2) is 9.62. The number of morpholine rings is 1. The highest BCUT2D eigenvalue weighted by Gasteiger charge is 2.27. The van der Waals surface area contributed by atoms with E-state index in [9.17, 15) is 8.42 Å². The van der Waals surface area contributed by atoms with Crippen LogP contribution in [0.1, 0.15) is 18.9 Å². The van der Waals surface area contributed by atoms with E-state index in [2.05, 4.69) is 24.0 Å². The number of rotatable bonds is 8. The van der Waals surface area contributed by atoms with Crippen molar-refractivity contribution in [1.29, 1.82) is 0 Å². The molecule has 0 aliphatic carbocycles. The lowest BCUT2D eigenvalue weighted by Crippen LogP contribution is -2.40. The topological polar surface area (TPSA) is 67.9 Å². The Bertz CT molecular complexity index is 1180. The maximum atomic E-state index is 13.1. The predicted octanol–water partition coefficient (Wildman–Crippen LogP) is 3.85. The van der Waals surface area contributed by atoms with Gasteiger partial charge in [0, 0.05) is 19.6 Å². The lowest BCUT2D eigenvalue weighted by Gasteiger charge is -2.26. The van der Waals surface area contributed by atoms with Gasteiger partial charge in [0.2, 0.25) is 10.0 Å². The Balaban J connectivity index is 1.66. The van der Waals surface area contributed by atoms with Gasteiger partial charge in [-0.15, -0.1) is 0 Å². The van der Waals surface area contributed by atoms with Crippen LogP contribution in [-0.4, -0.2) is 55.0 Å². The van der Waals surface area contributed by atoms with Gasteiger partial charge in [-0.3, -0.25) is 9.47 Å². The molecule has 1 fully saturated rings. The highest BCUT2D eigenvalue weighted by atomic mass is 32.2. The zero-order chi connectivity index (χ0) is 21.8. The third kappa shape index (κ3) is 4.91. The SMILES string of the molecule is CCCN(Cc1ccccc1)Cn1c(=S)oc2ccc(S(=O)(=O)N3CCOCC3)cc21. The van der Waals surface area contributed by atoms with Crippen molar-refractivity contribution < 1.29 is 17.6 Å². The van der Waals surface area contributed by atoms with Crippen molar-refractivity contribution in [3.63, 3.8) is 0 Å². The summed E-state index contributed by atoms with van der Waals surface area (Å²) in [6.45, 7) is 5.86. The van der Waals surface area contributed by atoms with Crippen LogP contribution in [0, 0.1) is 4.84 Å². The summed E-state index contributed by atoms with van der Waals surface area (Å²) in [6, 6.07) is 15.2. The summed E-state index contributed by atoms with van der Waals surface area (Å²) in [5, 5.41) is 0. The molecule has 4 rings (SSSR count). The molecule has 2 aromatic carbocycles. The summed E-state index contributed by atoms with van der Waals surface area (Å²) < 4.78 is 40.6. The standard InChI is InChI=1S/C22H27N3O4S2/c1-2-10-23(16-18-6-4-3-5-7-18)17-25-20-15-19(8-9-21(20)29-22(25)30)31(26,27)24-11-13-28-14-12-24/h3-9,15H,2,10-14,16-17H2,1H3. The molecule has 31 heavy (non-hydrogen) atoms. The molecule has 0 saturated carbocycles. The lowest BCUT2D eigenvalue weighted by molar-refractivity contribution is 0.0730. The Morgan fingerprint density at radius 1 is 1.10 bits per heavy atom. The van der Waals surface area contributed by atoms with Crippen molar-refractivity contribution in [2.45, 2.75) is 31.5 Å². The molecule has 0 spiro atoms. The molecule has 0 N–H and O–H groups in total. The van der Waals surface area contributed by atoms with E-state index in [4.69, 9.17) is 21.4 Å². The molecule has 0 atom stereocenters. The van der Waals surface area contributed by atoms with Crippen molar-refractivity contribution in [2.24, 2.45) is 0 Å². The first-order valence-corrected chi connectivity index (χ1v) is 12.3. The van der Waals surface area contributed by atoms with E-state index in [-0.39, 0.29) is 4.90 Å². The minimum absolute atomic E-state index is 0.247. The van der Waals surface area contributed by atoms with Gasteiger partial charge in [-0.25, -0.2) is 8.42 Å². The average molecular weight is 462 g/mol. The van der Waals surface area contributed by atoms with Crippen molar-refractivity contribution in [3.05, 3.63) is 58.9 Å². The van der Waals surface area contributed by atoms with Crippen LogP contribution in [-0.2, 0) is 28.0 Å². The molecule has 166 valence electrons. The number of fused-ring (bicyclic) bond motifs is 1. The fourth-order valence-corrected chi connectivity index (χ4v) is 5.50. The molecule has 1 aliphatic heterocycles. The summed E-state index contributed by atoms with van der Waals surface area (Å²) in [5.41, 5.74) is 2.49. The van der Waals surface area contributed by atoms with Crippen LogP contribution >= 0.6 is 12.2 Å². The van der Waals surface area contributed by atoms with E-state index >= 15 is 0 Å². The molecule has 0 radical (unpaired) electrons. The third-order valence-electron chi connectivity index (χ3n) is 5.38. The summed E-state index contributed by atoms with van der Waals surface area (Å²) >= 11 is 5.48. The van der Waals surface area contributed by atoms with Crippen molar-refractivity contribution in [1.82, 2.24) is 13.8 Å². The molecule has 0 amide bonds. The fraction of sp³-hybridized carbons (Fsp3) is 0.409. The zero-order valence-electron chi connectivity index (χ0n) is 17.6. The van der Waals surface area contributed by atoms with Gasteiger partial charge in [-0.2, -0.15) is 4.31 Å². The summed E-state index contributed by atoms with van der Waals surface area (Å²) in [4.78, 5) is 2.87. The number of nitrogens with zero attached hydrogens (tertiary/aromatic N) is 3. The highest BCUT2D eigenvalue weighted by Crippen LogP contribution is 2.25. The van der Waals surface area contributed by atoms with E-state index in [0.29, 0.717) is 48.9 Å². The van der Waals surface area contributed by atoms with E-state index in [1.165, 1.54) is 9.87 Å². The first kappa shape index (κ1) is 22.2. The largest absolute Gasteiger partial charge is 0.429 e. The highest BCUT2D eigenvalue weighted by molar-refractivity contribution is 7.89. The smallest absolute Gasteiger partial charge is 0.270 e. The van der Waals surface area contributed by atoms with Crippen LogP contribution in [0.2, 0.25) is 0 Å². The Morgan fingerprint density at radius 3 is 2.55 bits per heavy atom. The molecule has 1 aliphatic rings. The maximum absolute atomic E-state index is 13.1. The van der Waals surface area contributed by atoms with Gasteiger partial charge >= 0.3 is 0 Å². The first-order chi connectivity index (χ1) is 15.0. The zero-order valence-corrected chi connectivity index (χ0v) is 19.2. The monoisotopic (exact) mass is 461 g/mol. The Hall–Kier alpha value is -2.04. The molecule has 1 saturated heterocycles. The van der Waals surface area contributed by atoms with Gasteiger partial charge in [0.1, 0.15) is 0 Å². The van der Waals surface area contributed by atoms with E-state index in [0.717, 1.165) is 19.5 Å². The number of ether oxygens (including phenoxy) is 1. The second-order valence-electron chi connectivity index (χ2n) is 7.62. The Labute approximate surface area is 187 Å². The van der Waals surface area contributed by atoms with E-state index < -0.39 is 10.0 Å². The summed E-state index contributed by atoms with van der Waals surface area (Å²) in [7, 11) is -3.60. The molecule has 9 heteroatoms. The van der Waals surface area contributed by atoms with Crippen molar-refractivity contribution in [3.8, 4) is 0 Å². The number of sulfonamides is 1. The second-order valence-corrected chi connectivity index (χ2v) is 9.91. The van der Waals surface area contributed by atoms with Gasteiger partial charge in [-0.1, -0.05) is 37.3 Å². The summed E-state index contributed by atoms with van der Waals surface area (Å²) in [5.74, 6) is 0. The van der Waals surface area contributed by atoms with Gasteiger partial charge < -0.3 is 9.15 Å². The number of hydrogen-bond acceptors (Lipinski definition) is 6. The maximum Gasteiger partial charge on any atom is 0.270 e. The average Bonchev–Trinajstić information content (AvgIpc) is 3.09. The van der Waals surface area contributed by atoms with Crippen LogP contribution in [0.4, 0.5) is 0 Å². The van der Waals surface area contributed by atoms with E-state index in [1.54, 1.807) is 18.2 Å². The predicted molar refractivity (Wildman–Crippen MR) is 122 cm³/mol. The number of aromatic nitrogens is 1. The normalized spacial score (nSPS) is 15.7. The molecular weight excluding hydrogens is 434 g/mol. The Kier molecular flexibility index (Phi) is 6.88.